The minimum atomic E-state index is 0.0313. The van der Waals surface area contributed by atoms with Crippen molar-refractivity contribution in [3.05, 3.63) is 66.4 Å². The summed E-state index contributed by atoms with van der Waals surface area (Å²) in [5.74, 6) is 0.763. The number of hydrogen-bond donors (Lipinski definition) is 1. The van der Waals surface area contributed by atoms with Crippen LogP contribution in [0.3, 0.4) is 0 Å². The van der Waals surface area contributed by atoms with Gasteiger partial charge >= 0.3 is 0 Å². The van der Waals surface area contributed by atoms with Gasteiger partial charge in [0.25, 0.3) is 0 Å². The zero-order valence-electron chi connectivity index (χ0n) is 10.4. The standard InChI is InChI=1S/C15H17NO2/c1-3-4-12(9-10-16)11-15(17)13-5-7-14(18-2)8-6-13/h3-10H,1,11,16H2,2H3/b10-9-,12-4+. The molecule has 2 N–H and O–H groups in total. The van der Waals surface area contributed by atoms with Gasteiger partial charge in [0, 0.05) is 12.0 Å². The van der Waals surface area contributed by atoms with E-state index in [4.69, 9.17) is 10.5 Å². The molecule has 0 aliphatic carbocycles. The van der Waals surface area contributed by atoms with Crippen LogP contribution in [0.15, 0.2) is 60.8 Å². The number of carbonyl (C=O) groups excluding carboxylic acids is 1. The van der Waals surface area contributed by atoms with Crippen molar-refractivity contribution in [3.8, 4) is 5.75 Å². The van der Waals surface area contributed by atoms with E-state index in [9.17, 15) is 4.79 Å². The van der Waals surface area contributed by atoms with Crippen molar-refractivity contribution in [3.63, 3.8) is 0 Å². The second-order valence-electron chi connectivity index (χ2n) is 3.66. The molecule has 3 nitrogen and oxygen atoms in total. The lowest BCUT2D eigenvalue weighted by atomic mass is 10.0. The highest BCUT2D eigenvalue weighted by Crippen LogP contribution is 2.15. The number of rotatable bonds is 6. The number of Topliss-reactive ketones (excluding diaryl/α,β-unsaturated/α-hetero) is 1. The van der Waals surface area contributed by atoms with Gasteiger partial charge in [-0.25, -0.2) is 0 Å². The molecule has 0 heterocycles. The van der Waals surface area contributed by atoms with Crippen LogP contribution in [0.2, 0.25) is 0 Å². The summed E-state index contributed by atoms with van der Waals surface area (Å²) < 4.78 is 5.04. The van der Waals surface area contributed by atoms with Crippen molar-refractivity contribution < 1.29 is 9.53 Å². The number of nitrogens with two attached hydrogens (primary N) is 1. The molecule has 0 fully saturated rings. The maximum atomic E-state index is 12.0. The number of allylic oxidation sites excluding steroid dienone is 4. The lowest BCUT2D eigenvalue weighted by Gasteiger charge is -2.03. The summed E-state index contributed by atoms with van der Waals surface area (Å²) in [6.07, 6.45) is 6.81. The van der Waals surface area contributed by atoms with Gasteiger partial charge in [0.1, 0.15) is 5.75 Å². The van der Waals surface area contributed by atoms with Crippen LogP contribution in [0, 0.1) is 0 Å². The molecule has 3 heteroatoms. The Morgan fingerprint density at radius 1 is 1.39 bits per heavy atom. The number of carbonyl (C=O) groups is 1. The molecule has 18 heavy (non-hydrogen) atoms. The maximum Gasteiger partial charge on any atom is 0.167 e. The third-order valence-electron chi connectivity index (χ3n) is 2.42. The molecule has 0 aliphatic rings. The van der Waals surface area contributed by atoms with Gasteiger partial charge in [-0.05, 0) is 42.1 Å². The van der Waals surface area contributed by atoms with Gasteiger partial charge < -0.3 is 10.5 Å². The summed E-state index contributed by atoms with van der Waals surface area (Å²) in [6.45, 7) is 3.61. The zero-order valence-corrected chi connectivity index (χ0v) is 10.4. The molecule has 0 radical (unpaired) electrons. The van der Waals surface area contributed by atoms with Crippen LogP contribution in [0.1, 0.15) is 16.8 Å². The molecule has 0 aromatic heterocycles. The van der Waals surface area contributed by atoms with Gasteiger partial charge in [-0.2, -0.15) is 0 Å². The Morgan fingerprint density at radius 2 is 2.06 bits per heavy atom. The fourth-order valence-corrected chi connectivity index (χ4v) is 1.51. The Labute approximate surface area is 107 Å². The van der Waals surface area contributed by atoms with Crippen molar-refractivity contribution in [2.75, 3.05) is 7.11 Å². The SMILES string of the molecule is C=C/C=C(\C=C/N)CC(=O)c1ccc(OC)cc1. The molecule has 1 rings (SSSR count). The number of benzene rings is 1. The van der Waals surface area contributed by atoms with Gasteiger partial charge in [-0.3, -0.25) is 4.79 Å². The highest BCUT2D eigenvalue weighted by molar-refractivity contribution is 5.97. The number of ether oxygens (including phenoxy) is 1. The topological polar surface area (TPSA) is 52.3 Å². The van der Waals surface area contributed by atoms with Crippen molar-refractivity contribution in [2.24, 2.45) is 5.73 Å². The van der Waals surface area contributed by atoms with E-state index in [-0.39, 0.29) is 5.78 Å². The molecule has 0 unspecified atom stereocenters. The number of hydrogen-bond acceptors (Lipinski definition) is 3. The molecule has 0 saturated carbocycles. The fraction of sp³-hybridized carbons (Fsp3) is 0.133. The van der Waals surface area contributed by atoms with Crippen molar-refractivity contribution >= 4 is 5.78 Å². The largest absolute Gasteiger partial charge is 0.497 e. The smallest absolute Gasteiger partial charge is 0.167 e. The summed E-state index contributed by atoms with van der Waals surface area (Å²) in [4.78, 5) is 12.0. The summed E-state index contributed by atoms with van der Waals surface area (Å²) in [5, 5.41) is 0. The third-order valence-corrected chi connectivity index (χ3v) is 2.42. The van der Waals surface area contributed by atoms with Gasteiger partial charge in [0.2, 0.25) is 0 Å². The average Bonchev–Trinajstić information content (AvgIpc) is 2.39. The van der Waals surface area contributed by atoms with E-state index in [2.05, 4.69) is 6.58 Å². The Bertz CT molecular complexity index is 470. The molecule has 94 valence electrons. The lowest BCUT2D eigenvalue weighted by Crippen LogP contribution is -2.00. The average molecular weight is 243 g/mol. The van der Waals surface area contributed by atoms with Crippen molar-refractivity contribution in [1.29, 1.82) is 0 Å². The van der Waals surface area contributed by atoms with Crippen LogP contribution in [-0.2, 0) is 0 Å². The highest BCUT2D eigenvalue weighted by atomic mass is 16.5. The van der Waals surface area contributed by atoms with Crippen LogP contribution in [0.25, 0.3) is 0 Å². The van der Waals surface area contributed by atoms with Crippen LogP contribution in [0.4, 0.5) is 0 Å². The molecule has 0 spiro atoms. The second kappa shape index (κ2) is 7.12. The summed E-state index contributed by atoms with van der Waals surface area (Å²) >= 11 is 0. The zero-order chi connectivity index (χ0) is 13.4. The Kier molecular flexibility index (Phi) is 5.45. The molecule has 0 amide bonds. The molecule has 0 saturated heterocycles. The first-order valence-corrected chi connectivity index (χ1v) is 5.58. The van der Waals surface area contributed by atoms with Gasteiger partial charge in [-0.15, -0.1) is 0 Å². The quantitative estimate of drug-likeness (QED) is 0.617. The van der Waals surface area contributed by atoms with E-state index in [0.717, 1.165) is 11.3 Å². The van der Waals surface area contributed by atoms with Gasteiger partial charge in [0.05, 0.1) is 7.11 Å². The van der Waals surface area contributed by atoms with Crippen LogP contribution in [-0.4, -0.2) is 12.9 Å². The van der Waals surface area contributed by atoms with E-state index >= 15 is 0 Å². The normalized spacial score (nSPS) is 11.5. The molecular weight excluding hydrogens is 226 g/mol. The Morgan fingerprint density at radius 3 is 2.56 bits per heavy atom. The first kappa shape index (κ1) is 13.8. The molecule has 0 atom stereocenters. The first-order chi connectivity index (χ1) is 8.71. The van der Waals surface area contributed by atoms with E-state index in [1.807, 2.05) is 0 Å². The van der Waals surface area contributed by atoms with Crippen LogP contribution >= 0.6 is 0 Å². The maximum absolute atomic E-state index is 12.0. The molecule has 1 aromatic carbocycles. The van der Waals surface area contributed by atoms with Crippen LogP contribution < -0.4 is 10.5 Å². The summed E-state index contributed by atoms with van der Waals surface area (Å²) in [7, 11) is 1.59. The Balaban J connectivity index is 2.80. The van der Waals surface area contributed by atoms with E-state index in [1.54, 1.807) is 49.6 Å². The van der Waals surface area contributed by atoms with E-state index < -0.39 is 0 Å². The van der Waals surface area contributed by atoms with Crippen molar-refractivity contribution in [2.45, 2.75) is 6.42 Å². The minimum absolute atomic E-state index is 0.0313. The third kappa shape index (κ3) is 3.94. The number of methoxy groups -OCH3 is 1. The second-order valence-corrected chi connectivity index (χ2v) is 3.66. The van der Waals surface area contributed by atoms with E-state index in [1.165, 1.54) is 6.20 Å². The van der Waals surface area contributed by atoms with Gasteiger partial charge in [-0.1, -0.05) is 18.7 Å². The van der Waals surface area contributed by atoms with E-state index in [0.29, 0.717) is 12.0 Å². The first-order valence-electron chi connectivity index (χ1n) is 5.58. The monoisotopic (exact) mass is 243 g/mol. The fourth-order valence-electron chi connectivity index (χ4n) is 1.51. The summed E-state index contributed by atoms with van der Waals surface area (Å²) in [5.41, 5.74) is 6.80. The highest BCUT2D eigenvalue weighted by Gasteiger charge is 2.07. The predicted molar refractivity (Wildman–Crippen MR) is 73.5 cm³/mol. The predicted octanol–water partition coefficient (Wildman–Crippen LogP) is 2.85. The molecule has 1 aromatic rings. The Hall–Kier alpha value is -2.29. The number of ketones is 1. The molecular formula is C15H17NO2. The lowest BCUT2D eigenvalue weighted by molar-refractivity contribution is 0.0994. The summed E-state index contributed by atoms with van der Waals surface area (Å²) in [6, 6.07) is 7.03. The van der Waals surface area contributed by atoms with Crippen LogP contribution in [0.5, 0.6) is 5.75 Å². The minimum Gasteiger partial charge on any atom is -0.497 e. The molecule has 0 aliphatic heterocycles. The molecule has 0 bridgehead atoms. The van der Waals surface area contributed by atoms with Crippen molar-refractivity contribution in [1.82, 2.24) is 0 Å². The van der Waals surface area contributed by atoms with Gasteiger partial charge in [0.15, 0.2) is 5.78 Å².